The second-order valence-electron chi connectivity index (χ2n) is 17.6. The SMILES string of the molecule is C1=CCC2C(=C1)C=CCC2/C=C/C=C/c1ccc2c(c1)C(c1ccc(Nc3ccccc3)cc1)=c1ccccc1=C(C1=CCC(N(c3ccccc3)c3ccccc3)C=C1)C2.CC.S.c1ccccc1. The molecule has 348 valence electrons. The number of rotatable bonds is 10. The molecule has 3 heteroatoms. The number of fused-ring (bicyclic) bond motifs is 3. The number of hydrogen-bond acceptors (Lipinski definition) is 2. The Balaban J connectivity index is 0.000000675. The summed E-state index contributed by atoms with van der Waals surface area (Å²) in [7, 11) is 0. The van der Waals surface area contributed by atoms with Gasteiger partial charge in [-0.15, -0.1) is 0 Å². The highest BCUT2D eigenvalue weighted by atomic mass is 32.1. The van der Waals surface area contributed by atoms with Crippen LogP contribution in [0, 0.1) is 11.8 Å². The standard InChI is InChI=1S/C59H50N2.C6H6.C2H6.H2S/c1-4-22-49(23-5-1)60-50-37-33-47(34-38-50)59-56-30-15-14-29-55(56)57(46-35-39-53(40-36-46)61(51-24-6-2-7-25-51)52-26-8-3-9-27-52)42-48-32-31-43(41-58(48)59)17-10-11-18-44-20-16-21-45-19-12-13-28-54(44)45;1-2-4-6-5-3-1;1-2;/h1-19,21-27,29-39,41,44,53-54,60H,20,28,40,42H2;1-6H;1-2H3;1H2/b17-10+,18-11+;;;. The Hall–Kier alpha value is -7.59. The highest BCUT2D eigenvalue weighted by molar-refractivity contribution is 7.59. The van der Waals surface area contributed by atoms with Crippen molar-refractivity contribution in [1.82, 2.24) is 0 Å². The lowest BCUT2D eigenvalue weighted by molar-refractivity contribution is 0.452. The van der Waals surface area contributed by atoms with Gasteiger partial charge in [-0.2, -0.15) is 13.5 Å². The summed E-state index contributed by atoms with van der Waals surface area (Å²) in [5.41, 5.74) is 15.0. The molecule has 0 radical (unpaired) electrons. The molecule has 7 aromatic carbocycles. The molecule has 0 aromatic heterocycles. The number of anilines is 4. The van der Waals surface area contributed by atoms with Crippen molar-refractivity contribution < 1.29 is 0 Å². The van der Waals surface area contributed by atoms with E-state index in [1.54, 1.807) is 0 Å². The molecule has 11 rings (SSSR count). The second-order valence-corrected chi connectivity index (χ2v) is 17.6. The fraction of sp³-hybridized carbons (Fsp3) is 0.134. The van der Waals surface area contributed by atoms with Crippen molar-refractivity contribution in [3.05, 3.63) is 305 Å². The number of nitrogens with one attached hydrogen (secondary N) is 1. The molecule has 7 aromatic rings. The number of allylic oxidation sites excluding steroid dienone is 11. The van der Waals surface area contributed by atoms with Gasteiger partial charge in [-0.1, -0.05) is 226 Å². The van der Waals surface area contributed by atoms with Gasteiger partial charge in [-0.05, 0) is 147 Å². The third kappa shape index (κ3) is 11.8. The van der Waals surface area contributed by atoms with Crippen LogP contribution in [0.2, 0.25) is 0 Å². The molecule has 1 N–H and O–H groups in total. The molecule has 4 aliphatic rings. The molecule has 0 amide bonds. The van der Waals surface area contributed by atoms with Crippen LogP contribution in [0.4, 0.5) is 22.7 Å². The third-order valence-corrected chi connectivity index (χ3v) is 13.3. The van der Waals surface area contributed by atoms with Gasteiger partial charge in [0.25, 0.3) is 0 Å². The summed E-state index contributed by atoms with van der Waals surface area (Å²) in [5, 5.41) is 6.15. The fourth-order valence-corrected chi connectivity index (χ4v) is 9.95. The van der Waals surface area contributed by atoms with Crippen molar-refractivity contribution in [2.75, 3.05) is 10.2 Å². The van der Waals surface area contributed by atoms with Gasteiger partial charge in [0.05, 0.1) is 6.04 Å². The predicted molar refractivity (Wildman–Crippen MR) is 307 cm³/mol. The molecule has 2 nitrogen and oxygen atoms in total. The number of benzene rings is 7. The summed E-state index contributed by atoms with van der Waals surface area (Å²) < 4.78 is 0. The smallest absolute Gasteiger partial charge is 0.0560 e. The van der Waals surface area contributed by atoms with Crippen molar-refractivity contribution in [2.45, 2.75) is 45.6 Å². The molecule has 0 bridgehead atoms. The molecule has 0 fully saturated rings. The Labute approximate surface area is 423 Å². The molecule has 0 saturated carbocycles. The minimum absolute atomic E-state index is 0. The average molecular weight is 929 g/mol. The number of hydrogen-bond donors (Lipinski definition) is 1. The highest BCUT2D eigenvalue weighted by Crippen LogP contribution is 2.37. The molecular formula is C67H64N2S. The lowest BCUT2D eigenvalue weighted by atomic mass is 9.76. The van der Waals surface area contributed by atoms with Crippen molar-refractivity contribution in [2.24, 2.45) is 11.8 Å². The Bertz CT molecular complexity index is 3070. The zero-order valence-corrected chi connectivity index (χ0v) is 41.4. The maximum Gasteiger partial charge on any atom is 0.0560 e. The van der Waals surface area contributed by atoms with E-state index >= 15 is 0 Å². The summed E-state index contributed by atoms with van der Waals surface area (Å²) in [6.45, 7) is 4.00. The fourth-order valence-electron chi connectivity index (χ4n) is 9.95. The van der Waals surface area contributed by atoms with E-state index < -0.39 is 0 Å². The molecule has 3 unspecified atom stereocenters. The molecular weight excluding hydrogens is 865 g/mol. The minimum Gasteiger partial charge on any atom is -0.356 e. The van der Waals surface area contributed by atoms with Gasteiger partial charge >= 0.3 is 0 Å². The highest BCUT2D eigenvalue weighted by Gasteiger charge is 2.25. The van der Waals surface area contributed by atoms with Gasteiger partial charge in [0, 0.05) is 22.7 Å². The molecule has 0 aliphatic heterocycles. The first-order valence-corrected chi connectivity index (χ1v) is 24.8. The predicted octanol–water partition coefficient (Wildman–Crippen LogP) is 16.0. The van der Waals surface area contributed by atoms with Crippen molar-refractivity contribution >= 4 is 53.5 Å². The Kier molecular flexibility index (Phi) is 17.2. The molecule has 0 spiro atoms. The van der Waals surface area contributed by atoms with Crippen LogP contribution in [-0.2, 0) is 6.42 Å². The lowest BCUT2D eigenvalue weighted by Gasteiger charge is -2.33. The van der Waals surface area contributed by atoms with Crippen LogP contribution in [0.3, 0.4) is 0 Å². The zero-order valence-electron chi connectivity index (χ0n) is 40.4. The third-order valence-electron chi connectivity index (χ3n) is 13.3. The van der Waals surface area contributed by atoms with Crippen LogP contribution < -0.4 is 20.7 Å². The molecule has 70 heavy (non-hydrogen) atoms. The molecule has 0 heterocycles. The van der Waals surface area contributed by atoms with E-state index in [9.17, 15) is 0 Å². The van der Waals surface area contributed by atoms with Crippen LogP contribution in [0.25, 0.3) is 17.2 Å². The van der Waals surface area contributed by atoms with Crippen LogP contribution in [0.1, 0.15) is 55.4 Å². The monoisotopic (exact) mass is 928 g/mol. The van der Waals surface area contributed by atoms with Crippen LogP contribution in [0.5, 0.6) is 0 Å². The van der Waals surface area contributed by atoms with Crippen molar-refractivity contribution in [1.29, 1.82) is 0 Å². The first-order valence-electron chi connectivity index (χ1n) is 24.8. The van der Waals surface area contributed by atoms with E-state index in [4.69, 9.17) is 0 Å². The molecule has 4 aliphatic carbocycles. The van der Waals surface area contributed by atoms with Gasteiger partial charge in [0.15, 0.2) is 0 Å². The average Bonchev–Trinajstić information content (AvgIpc) is 3.57. The molecule has 3 atom stereocenters. The first kappa shape index (κ1) is 48.9. The van der Waals surface area contributed by atoms with Gasteiger partial charge in [0.1, 0.15) is 0 Å². The normalized spacial score (nSPS) is 17.5. The minimum atomic E-state index is 0. The molecule has 0 saturated heterocycles. The summed E-state index contributed by atoms with van der Waals surface area (Å²) in [6.07, 6.45) is 31.8. The lowest BCUT2D eigenvalue weighted by Crippen LogP contribution is -2.31. The van der Waals surface area contributed by atoms with E-state index in [1.807, 2.05) is 56.3 Å². The number of para-hydroxylation sites is 3. The van der Waals surface area contributed by atoms with Gasteiger partial charge < -0.3 is 10.2 Å². The van der Waals surface area contributed by atoms with E-state index in [0.717, 1.165) is 37.1 Å². The quantitative estimate of drug-likeness (QED) is 0.138. The first-order chi connectivity index (χ1) is 34.2. The Morgan fingerprint density at radius 1 is 0.571 bits per heavy atom. The van der Waals surface area contributed by atoms with Crippen molar-refractivity contribution in [3.63, 3.8) is 0 Å². The maximum atomic E-state index is 3.59. The second kappa shape index (κ2) is 24.6. The van der Waals surface area contributed by atoms with Gasteiger partial charge in [0.2, 0.25) is 0 Å². The Morgan fingerprint density at radius 2 is 1.19 bits per heavy atom. The Morgan fingerprint density at radius 3 is 1.84 bits per heavy atom. The summed E-state index contributed by atoms with van der Waals surface area (Å²) in [5.74, 6) is 1.11. The van der Waals surface area contributed by atoms with Crippen LogP contribution >= 0.6 is 13.5 Å². The summed E-state index contributed by atoms with van der Waals surface area (Å²) >= 11 is 0. The van der Waals surface area contributed by atoms with E-state index in [-0.39, 0.29) is 19.5 Å². The topological polar surface area (TPSA) is 15.3 Å². The van der Waals surface area contributed by atoms with E-state index in [1.165, 1.54) is 66.4 Å². The van der Waals surface area contributed by atoms with Crippen molar-refractivity contribution in [3.8, 4) is 0 Å². The summed E-state index contributed by atoms with van der Waals surface area (Å²) in [6, 6.07) is 69.3. The van der Waals surface area contributed by atoms with Gasteiger partial charge in [-0.3, -0.25) is 0 Å². The summed E-state index contributed by atoms with van der Waals surface area (Å²) in [4.78, 5) is 2.46. The van der Waals surface area contributed by atoms with Crippen LogP contribution in [-0.4, -0.2) is 6.04 Å². The largest absolute Gasteiger partial charge is 0.356 e. The van der Waals surface area contributed by atoms with E-state index in [2.05, 4.69) is 235 Å². The maximum absolute atomic E-state index is 3.59. The van der Waals surface area contributed by atoms with Crippen LogP contribution in [0.15, 0.2) is 272 Å². The number of nitrogens with zero attached hydrogens (tertiary/aromatic N) is 1. The van der Waals surface area contributed by atoms with Gasteiger partial charge in [-0.25, -0.2) is 0 Å². The van der Waals surface area contributed by atoms with E-state index in [0.29, 0.717) is 11.8 Å². The zero-order chi connectivity index (χ0) is 47.0.